The Morgan fingerprint density at radius 1 is 1.55 bits per heavy atom. The van der Waals surface area contributed by atoms with E-state index >= 15 is 0 Å². The van der Waals surface area contributed by atoms with Gasteiger partial charge in [-0.25, -0.2) is 4.39 Å². The highest BCUT2D eigenvalue weighted by Gasteiger charge is 2.14. The largest absolute Gasteiger partial charge is 0.384 e. The number of hydrogen-bond donors (Lipinski definition) is 2. The number of aromatic nitrogens is 2. The predicted molar refractivity (Wildman–Crippen MR) is 67.4 cm³/mol. The lowest BCUT2D eigenvalue weighted by atomic mass is 10.1. The van der Waals surface area contributed by atoms with Gasteiger partial charge in [-0.1, -0.05) is 17.0 Å². The molecule has 1 aromatic carbocycles. The number of carbonyl (C=O) groups excluding carboxylic acids is 1. The van der Waals surface area contributed by atoms with Crippen LogP contribution in [0.5, 0.6) is 0 Å². The van der Waals surface area contributed by atoms with Gasteiger partial charge in [-0.15, -0.1) is 0 Å². The van der Waals surface area contributed by atoms with Crippen LogP contribution in [0, 0.1) is 24.6 Å². The Kier molecular flexibility index (Phi) is 4.08. The van der Waals surface area contributed by atoms with E-state index in [1.54, 1.807) is 6.92 Å². The minimum Gasteiger partial charge on any atom is -0.384 e. The number of nitrogens with one attached hydrogen (secondary N) is 1. The Balaban J connectivity index is 2.29. The molecule has 1 amide bonds. The molecule has 0 saturated carbocycles. The molecule has 0 unspecified atom stereocenters. The van der Waals surface area contributed by atoms with Crippen molar-refractivity contribution in [1.82, 2.24) is 10.1 Å². The van der Waals surface area contributed by atoms with Gasteiger partial charge < -0.3 is 9.63 Å². The van der Waals surface area contributed by atoms with Crippen molar-refractivity contribution in [2.45, 2.75) is 6.92 Å². The zero-order valence-electron chi connectivity index (χ0n) is 10.5. The molecule has 20 heavy (non-hydrogen) atoms. The highest BCUT2D eigenvalue weighted by molar-refractivity contribution is 6.04. The first-order chi connectivity index (χ1) is 9.60. The van der Waals surface area contributed by atoms with Crippen LogP contribution in [0.3, 0.4) is 0 Å². The van der Waals surface area contributed by atoms with Crippen LogP contribution in [-0.2, 0) is 0 Å². The topological polar surface area (TPSA) is 88.2 Å². The Bertz CT molecular complexity index is 700. The van der Waals surface area contributed by atoms with Crippen LogP contribution in [0.15, 0.2) is 22.7 Å². The van der Waals surface area contributed by atoms with E-state index in [2.05, 4.69) is 27.3 Å². The first-order valence-corrected chi connectivity index (χ1v) is 5.61. The fourth-order valence-electron chi connectivity index (χ4n) is 1.46. The smallest absolute Gasteiger partial charge is 0.328 e. The molecule has 1 aromatic heterocycles. The van der Waals surface area contributed by atoms with Crippen LogP contribution in [0.25, 0.3) is 0 Å². The van der Waals surface area contributed by atoms with Gasteiger partial charge in [0.25, 0.3) is 5.91 Å². The van der Waals surface area contributed by atoms with E-state index in [0.717, 1.165) is 12.1 Å². The molecule has 2 rings (SSSR count). The van der Waals surface area contributed by atoms with Crippen molar-refractivity contribution in [2.24, 2.45) is 0 Å². The van der Waals surface area contributed by atoms with Crippen molar-refractivity contribution < 1.29 is 18.8 Å². The zero-order chi connectivity index (χ0) is 14.5. The molecule has 2 N–H and O–H groups in total. The average Bonchev–Trinajstić information content (AvgIpc) is 2.81. The Morgan fingerprint density at radius 3 is 3.00 bits per heavy atom. The maximum absolute atomic E-state index is 13.2. The third-order valence-electron chi connectivity index (χ3n) is 2.28. The highest BCUT2D eigenvalue weighted by Crippen LogP contribution is 2.13. The van der Waals surface area contributed by atoms with Gasteiger partial charge in [-0.3, -0.25) is 10.1 Å². The van der Waals surface area contributed by atoms with Crippen molar-refractivity contribution in [1.29, 1.82) is 0 Å². The SMILES string of the molecule is Cc1noc(NC(=O)c2ccc(F)cc2C#CCO)n1. The van der Waals surface area contributed by atoms with Crippen LogP contribution in [0.4, 0.5) is 10.4 Å². The van der Waals surface area contributed by atoms with Crippen LogP contribution in [-0.4, -0.2) is 27.8 Å². The van der Waals surface area contributed by atoms with E-state index in [0.29, 0.717) is 5.82 Å². The Morgan fingerprint density at radius 2 is 2.35 bits per heavy atom. The van der Waals surface area contributed by atoms with Crippen LogP contribution in [0.2, 0.25) is 0 Å². The molecule has 1 heterocycles. The Hall–Kier alpha value is -2.72. The number of aryl methyl sites for hydroxylation is 1. The van der Waals surface area contributed by atoms with Gasteiger partial charge in [0.15, 0.2) is 5.82 Å². The van der Waals surface area contributed by atoms with Crippen molar-refractivity contribution in [3.05, 3.63) is 41.0 Å². The van der Waals surface area contributed by atoms with E-state index in [-0.39, 0.29) is 23.7 Å². The van der Waals surface area contributed by atoms with Crippen molar-refractivity contribution in [2.75, 3.05) is 11.9 Å². The summed E-state index contributed by atoms with van der Waals surface area (Å²) in [6.07, 6.45) is 0. The molecule has 6 nitrogen and oxygen atoms in total. The standard InChI is InChI=1S/C13H10FN3O3/c1-8-15-13(20-17-8)16-12(19)11-5-4-10(14)7-9(11)3-2-6-18/h4-5,7,18H,6H2,1H3,(H,15,16,17,19). The molecular formula is C13H10FN3O3. The van der Waals surface area contributed by atoms with E-state index in [9.17, 15) is 9.18 Å². The van der Waals surface area contributed by atoms with Gasteiger partial charge in [0.2, 0.25) is 0 Å². The minimum absolute atomic E-state index is 0.0575. The van der Waals surface area contributed by atoms with Gasteiger partial charge >= 0.3 is 6.01 Å². The number of benzene rings is 1. The van der Waals surface area contributed by atoms with Crippen molar-refractivity contribution in [3.63, 3.8) is 0 Å². The average molecular weight is 275 g/mol. The third kappa shape index (κ3) is 3.18. The number of aliphatic hydroxyl groups excluding tert-OH is 1. The summed E-state index contributed by atoms with van der Waals surface area (Å²) in [6.45, 7) is 1.22. The monoisotopic (exact) mass is 275 g/mol. The summed E-state index contributed by atoms with van der Waals surface area (Å²) in [5.74, 6) is 4.16. The number of carbonyl (C=O) groups is 1. The molecule has 102 valence electrons. The van der Waals surface area contributed by atoms with Crippen LogP contribution >= 0.6 is 0 Å². The van der Waals surface area contributed by atoms with E-state index in [4.69, 9.17) is 9.63 Å². The molecule has 0 radical (unpaired) electrons. The predicted octanol–water partition coefficient (Wildman–Crippen LogP) is 1.11. The summed E-state index contributed by atoms with van der Waals surface area (Å²) < 4.78 is 17.9. The molecule has 0 fully saturated rings. The lowest BCUT2D eigenvalue weighted by molar-refractivity contribution is 0.102. The first-order valence-electron chi connectivity index (χ1n) is 5.61. The first kappa shape index (κ1) is 13.7. The summed E-state index contributed by atoms with van der Waals surface area (Å²) >= 11 is 0. The third-order valence-corrected chi connectivity index (χ3v) is 2.28. The van der Waals surface area contributed by atoms with Crippen molar-refractivity contribution >= 4 is 11.9 Å². The number of hydrogen-bond acceptors (Lipinski definition) is 5. The van der Waals surface area contributed by atoms with E-state index < -0.39 is 11.7 Å². The molecule has 0 aliphatic carbocycles. The van der Waals surface area contributed by atoms with Gasteiger partial charge in [0.05, 0.1) is 5.56 Å². The summed E-state index contributed by atoms with van der Waals surface area (Å²) in [5, 5.41) is 14.6. The molecule has 0 aliphatic rings. The fourth-order valence-corrected chi connectivity index (χ4v) is 1.46. The molecule has 0 aliphatic heterocycles. The summed E-state index contributed by atoms with van der Waals surface area (Å²) in [7, 11) is 0. The second kappa shape index (κ2) is 5.95. The van der Waals surface area contributed by atoms with Crippen LogP contribution in [0.1, 0.15) is 21.7 Å². The maximum Gasteiger partial charge on any atom is 0.328 e. The van der Waals surface area contributed by atoms with E-state index in [1.165, 1.54) is 6.07 Å². The molecule has 0 bridgehead atoms. The number of rotatable bonds is 2. The lowest BCUT2D eigenvalue weighted by Crippen LogP contribution is -2.14. The summed E-state index contributed by atoms with van der Waals surface area (Å²) in [5.41, 5.74) is 0.302. The Labute approximate surface area is 113 Å². The van der Waals surface area contributed by atoms with Gasteiger partial charge in [0.1, 0.15) is 12.4 Å². The van der Waals surface area contributed by atoms with Crippen molar-refractivity contribution in [3.8, 4) is 11.8 Å². The van der Waals surface area contributed by atoms with Gasteiger partial charge in [-0.2, -0.15) is 4.98 Å². The zero-order valence-corrected chi connectivity index (χ0v) is 10.5. The highest BCUT2D eigenvalue weighted by atomic mass is 19.1. The van der Waals surface area contributed by atoms with E-state index in [1.807, 2.05) is 0 Å². The molecule has 0 saturated heterocycles. The number of nitrogens with zero attached hydrogens (tertiary/aromatic N) is 2. The molecule has 7 heteroatoms. The summed E-state index contributed by atoms with van der Waals surface area (Å²) in [6, 6.07) is 3.47. The number of amides is 1. The lowest BCUT2D eigenvalue weighted by Gasteiger charge is -2.03. The maximum atomic E-state index is 13.2. The number of halogens is 1. The number of anilines is 1. The molecule has 0 atom stereocenters. The summed E-state index contributed by atoms with van der Waals surface area (Å²) in [4.78, 5) is 15.9. The quantitative estimate of drug-likeness (QED) is 0.802. The molecule has 2 aromatic rings. The molecular weight excluding hydrogens is 265 g/mol. The fraction of sp³-hybridized carbons (Fsp3) is 0.154. The van der Waals surface area contributed by atoms with Crippen LogP contribution < -0.4 is 5.32 Å². The minimum atomic E-state index is -0.559. The molecule has 0 spiro atoms. The number of aliphatic hydroxyl groups is 1. The second-order valence-electron chi connectivity index (χ2n) is 3.75. The van der Waals surface area contributed by atoms with Gasteiger partial charge in [0, 0.05) is 5.56 Å². The second-order valence-corrected chi connectivity index (χ2v) is 3.75. The van der Waals surface area contributed by atoms with Gasteiger partial charge in [-0.05, 0) is 25.1 Å². The normalized spacial score (nSPS) is 9.75.